The molecule has 0 unspecified atom stereocenters. The molecule has 3 rings (SSSR count). The Morgan fingerprint density at radius 2 is 1.88 bits per heavy atom. The molecule has 0 aliphatic heterocycles. The van der Waals surface area contributed by atoms with Crippen LogP contribution in [0, 0.1) is 0 Å². The molecule has 0 saturated heterocycles. The van der Waals surface area contributed by atoms with E-state index in [2.05, 4.69) is 5.32 Å². The third kappa shape index (κ3) is 3.35. The second-order valence-electron chi connectivity index (χ2n) is 4.94. The van der Waals surface area contributed by atoms with Gasteiger partial charge in [-0.2, -0.15) is 0 Å². The van der Waals surface area contributed by atoms with Crippen LogP contribution in [0.4, 0.5) is 5.69 Å². The lowest BCUT2D eigenvalue weighted by Gasteiger charge is -2.05. The first kappa shape index (κ1) is 16.3. The van der Waals surface area contributed by atoms with Crippen molar-refractivity contribution < 1.29 is 9.21 Å². The van der Waals surface area contributed by atoms with Crippen LogP contribution in [0.1, 0.15) is 5.56 Å². The number of hydrogen-bond acceptors (Lipinski definition) is 3. The molecule has 1 amide bonds. The summed E-state index contributed by atoms with van der Waals surface area (Å²) < 4.78 is 5.39. The molecule has 0 aliphatic rings. The van der Waals surface area contributed by atoms with Gasteiger partial charge in [-0.3, -0.25) is 9.59 Å². The number of halogens is 2. The molecule has 1 heterocycles. The first-order valence-electron chi connectivity index (χ1n) is 7.00. The molecule has 0 spiro atoms. The number of para-hydroxylation sites is 1. The number of amides is 1. The Bertz CT molecular complexity index is 1010. The van der Waals surface area contributed by atoms with Gasteiger partial charge in [-0.25, -0.2) is 0 Å². The SMILES string of the molecule is O=C(/C=C/c1coc2ccccc2c1=O)Nc1cccc(Cl)c1Cl. The van der Waals surface area contributed by atoms with Crippen LogP contribution in [-0.2, 0) is 4.79 Å². The van der Waals surface area contributed by atoms with Gasteiger partial charge in [0, 0.05) is 6.08 Å². The number of carbonyl (C=O) groups is 1. The van der Waals surface area contributed by atoms with Crippen LogP contribution in [0.3, 0.4) is 0 Å². The van der Waals surface area contributed by atoms with Crippen molar-refractivity contribution in [3.05, 3.63) is 80.6 Å². The molecular weight excluding hydrogens is 349 g/mol. The molecule has 0 radical (unpaired) electrons. The van der Waals surface area contributed by atoms with E-state index in [4.69, 9.17) is 27.6 Å². The van der Waals surface area contributed by atoms with Crippen molar-refractivity contribution in [1.82, 2.24) is 0 Å². The summed E-state index contributed by atoms with van der Waals surface area (Å²) >= 11 is 11.9. The maximum absolute atomic E-state index is 12.3. The highest BCUT2D eigenvalue weighted by atomic mass is 35.5. The fourth-order valence-electron chi connectivity index (χ4n) is 2.15. The van der Waals surface area contributed by atoms with Crippen LogP contribution >= 0.6 is 23.2 Å². The molecule has 2 aromatic carbocycles. The van der Waals surface area contributed by atoms with Gasteiger partial charge in [0.2, 0.25) is 5.91 Å². The van der Waals surface area contributed by atoms with E-state index in [-0.39, 0.29) is 16.0 Å². The summed E-state index contributed by atoms with van der Waals surface area (Å²) in [5.74, 6) is -0.438. The molecule has 1 N–H and O–H groups in total. The molecular formula is C18H11Cl2NO3. The average Bonchev–Trinajstić information content (AvgIpc) is 2.59. The van der Waals surface area contributed by atoms with Crippen LogP contribution < -0.4 is 10.7 Å². The summed E-state index contributed by atoms with van der Waals surface area (Å²) in [6.45, 7) is 0. The van der Waals surface area contributed by atoms with Gasteiger partial charge in [0.25, 0.3) is 0 Å². The summed E-state index contributed by atoms with van der Waals surface area (Å²) in [6.07, 6.45) is 3.95. The van der Waals surface area contributed by atoms with Crippen molar-refractivity contribution in [2.45, 2.75) is 0 Å². The molecule has 24 heavy (non-hydrogen) atoms. The van der Waals surface area contributed by atoms with Gasteiger partial charge >= 0.3 is 0 Å². The quantitative estimate of drug-likeness (QED) is 0.686. The summed E-state index contributed by atoms with van der Waals surface area (Å²) in [4.78, 5) is 24.3. The summed E-state index contributed by atoms with van der Waals surface area (Å²) in [5.41, 5.74) is 0.960. The Hall–Kier alpha value is -2.56. The van der Waals surface area contributed by atoms with E-state index < -0.39 is 5.91 Å². The van der Waals surface area contributed by atoms with Crippen LogP contribution in [0.15, 0.2) is 64.0 Å². The summed E-state index contributed by atoms with van der Waals surface area (Å²) in [7, 11) is 0. The number of fused-ring (bicyclic) bond motifs is 1. The van der Waals surface area contributed by atoms with Crippen molar-refractivity contribution in [2.24, 2.45) is 0 Å². The average molecular weight is 360 g/mol. The minimum absolute atomic E-state index is 0.207. The lowest BCUT2D eigenvalue weighted by Crippen LogP contribution is -2.09. The molecule has 6 heteroatoms. The Kier molecular flexibility index (Phi) is 4.69. The third-order valence-corrected chi connectivity index (χ3v) is 4.15. The fourth-order valence-corrected chi connectivity index (χ4v) is 2.50. The smallest absolute Gasteiger partial charge is 0.248 e. The number of anilines is 1. The third-order valence-electron chi connectivity index (χ3n) is 3.33. The zero-order valence-corrected chi connectivity index (χ0v) is 13.8. The van der Waals surface area contributed by atoms with Crippen molar-refractivity contribution in [1.29, 1.82) is 0 Å². The van der Waals surface area contributed by atoms with Gasteiger partial charge in [-0.1, -0.05) is 41.4 Å². The van der Waals surface area contributed by atoms with Crippen LogP contribution in [0.5, 0.6) is 0 Å². The molecule has 0 atom stereocenters. The van der Waals surface area contributed by atoms with Gasteiger partial charge in [-0.15, -0.1) is 0 Å². The van der Waals surface area contributed by atoms with Crippen molar-refractivity contribution >= 4 is 51.8 Å². The topological polar surface area (TPSA) is 59.3 Å². The van der Waals surface area contributed by atoms with E-state index in [1.807, 2.05) is 0 Å². The molecule has 120 valence electrons. The highest BCUT2D eigenvalue weighted by molar-refractivity contribution is 6.44. The van der Waals surface area contributed by atoms with E-state index in [0.717, 1.165) is 0 Å². The Morgan fingerprint density at radius 1 is 1.08 bits per heavy atom. The zero-order valence-electron chi connectivity index (χ0n) is 12.3. The molecule has 0 bridgehead atoms. The largest absolute Gasteiger partial charge is 0.463 e. The number of rotatable bonds is 3. The Labute approximate surface area is 147 Å². The van der Waals surface area contributed by atoms with E-state index >= 15 is 0 Å². The lowest BCUT2D eigenvalue weighted by atomic mass is 10.1. The van der Waals surface area contributed by atoms with Gasteiger partial charge < -0.3 is 9.73 Å². The van der Waals surface area contributed by atoms with E-state index in [9.17, 15) is 9.59 Å². The highest BCUT2D eigenvalue weighted by Gasteiger charge is 2.07. The first-order chi connectivity index (χ1) is 11.6. The summed E-state index contributed by atoms with van der Waals surface area (Å²) in [5, 5.41) is 3.66. The minimum atomic E-state index is -0.438. The number of nitrogens with one attached hydrogen (secondary N) is 1. The summed E-state index contributed by atoms with van der Waals surface area (Å²) in [6, 6.07) is 11.8. The molecule has 3 aromatic rings. The second-order valence-corrected chi connectivity index (χ2v) is 5.73. The van der Waals surface area contributed by atoms with Gasteiger partial charge in [0.1, 0.15) is 11.8 Å². The van der Waals surface area contributed by atoms with Crippen LogP contribution in [-0.4, -0.2) is 5.91 Å². The normalized spacial score (nSPS) is 11.1. The lowest BCUT2D eigenvalue weighted by molar-refractivity contribution is -0.111. The molecule has 0 fully saturated rings. The van der Waals surface area contributed by atoms with Crippen molar-refractivity contribution in [2.75, 3.05) is 5.32 Å². The van der Waals surface area contributed by atoms with E-state index in [1.54, 1.807) is 42.5 Å². The van der Waals surface area contributed by atoms with Gasteiger partial charge in [0.15, 0.2) is 5.43 Å². The fraction of sp³-hybridized carbons (Fsp3) is 0. The van der Waals surface area contributed by atoms with Crippen molar-refractivity contribution in [3.63, 3.8) is 0 Å². The zero-order chi connectivity index (χ0) is 17.1. The highest BCUT2D eigenvalue weighted by Crippen LogP contribution is 2.29. The molecule has 0 saturated carbocycles. The van der Waals surface area contributed by atoms with Crippen LogP contribution in [0.25, 0.3) is 17.0 Å². The molecule has 4 nitrogen and oxygen atoms in total. The second kappa shape index (κ2) is 6.91. The van der Waals surface area contributed by atoms with Gasteiger partial charge in [0.05, 0.1) is 26.7 Å². The molecule has 0 aliphatic carbocycles. The Balaban J connectivity index is 1.83. The van der Waals surface area contributed by atoms with Gasteiger partial charge in [-0.05, 0) is 30.3 Å². The number of benzene rings is 2. The number of carbonyl (C=O) groups excluding carboxylic acids is 1. The predicted octanol–water partition coefficient (Wildman–Crippen LogP) is 4.75. The Morgan fingerprint density at radius 3 is 2.71 bits per heavy atom. The molecule has 1 aromatic heterocycles. The first-order valence-corrected chi connectivity index (χ1v) is 7.75. The van der Waals surface area contributed by atoms with Crippen LogP contribution in [0.2, 0.25) is 10.0 Å². The number of hydrogen-bond donors (Lipinski definition) is 1. The monoisotopic (exact) mass is 359 g/mol. The maximum Gasteiger partial charge on any atom is 0.248 e. The minimum Gasteiger partial charge on any atom is -0.463 e. The standard InChI is InChI=1S/C18H11Cl2NO3/c19-13-5-3-6-14(17(13)20)21-16(22)9-8-11-10-24-15-7-2-1-4-12(15)18(11)23/h1-10H,(H,21,22)/b9-8+. The van der Waals surface area contributed by atoms with E-state index in [1.165, 1.54) is 18.4 Å². The van der Waals surface area contributed by atoms with E-state index in [0.29, 0.717) is 21.7 Å². The van der Waals surface area contributed by atoms with Crippen molar-refractivity contribution in [3.8, 4) is 0 Å². The maximum atomic E-state index is 12.3. The predicted molar refractivity (Wildman–Crippen MR) is 96.6 cm³/mol.